The third-order valence-corrected chi connectivity index (χ3v) is 2.54. The lowest BCUT2D eigenvalue weighted by atomic mass is 10.3. The van der Waals surface area contributed by atoms with E-state index in [4.69, 9.17) is 18.9 Å². The highest BCUT2D eigenvalue weighted by atomic mass is 16.7. The summed E-state index contributed by atoms with van der Waals surface area (Å²) in [5, 5.41) is 0. The van der Waals surface area contributed by atoms with Crippen molar-refractivity contribution >= 4 is 11.9 Å². The second-order valence-corrected chi connectivity index (χ2v) is 4.20. The predicted molar refractivity (Wildman–Crippen MR) is 72.7 cm³/mol. The number of rotatable bonds is 10. The Bertz CT molecular complexity index is 296. The Kier molecular flexibility index (Phi) is 9.67. The van der Waals surface area contributed by atoms with Gasteiger partial charge in [-0.05, 0) is 0 Å². The molecule has 0 aromatic rings. The van der Waals surface area contributed by atoms with Crippen LogP contribution in [-0.2, 0) is 28.5 Å². The normalized spacial score (nSPS) is 13.4. The van der Waals surface area contributed by atoms with E-state index in [2.05, 4.69) is 6.58 Å². The van der Waals surface area contributed by atoms with Gasteiger partial charge in [0.25, 0.3) is 0 Å². The van der Waals surface area contributed by atoms with Crippen LogP contribution in [0.25, 0.3) is 0 Å². The van der Waals surface area contributed by atoms with E-state index in [1.165, 1.54) is 14.2 Å². The Hall–Kier alpha value is -1.40. The summed E-state index contributed by atoms with van der Waals surface area (Å²) in [5.74, 6) is -1.69. The summed E-state index contributed by atoms with van der Waals surface area (Å²) in [4.78, 5) is 23.4. The van der Waals surface area contributed by atoms with Crippen LogP contribution in [0.5, 0.6) is 0 Å². The first-order valence-corrected chi connectivity index (χ1v) is 6.66. The minimum atomic E-state index is -0.846. The highest BCUT2D eigenvalue weighted by Crippen LogP contribution is 2.10. The van der Waals surface area contributed by atoms with Crippen molar-refractivity contribution in [2.45, 2.75) is 52.1 Å². The maximum atomic E-state index is 11.7. The number of ether oxygens (including phenoxy) is 4. The van der Waals surface area contributed by atoms with E-state index in [0.717, 1.165) is 12.8 Å². The van der Waals surface area contributed by atoms with Gasteiger partial charge < -0.3 is 18.9 Å². The van der Waals surface area contributed by atoms with Gasteiger partial charge in [0.15, 0.2) is 0 Å². The molecule has 0 fully saturated rings. The molecular weight excluding hydrogens is 264 g/mol. The van der Waals surface area contributed by atoms with Crippen molar-refractivity contribution in [2.24, 2.45) is 0 Å². The van der Waals surface area contributed by atoms with Crippen LogP contribution >= 0.6 is 0 Å². The molecule has 0 N–H and O–H groups in total. The zero-order chi connectivity index (χ0) is 15.5. The van der Waals surface area contributed by atoms with Crippen LogP contribution in [0, 0.1) is 0 Å². The molecule has 0 aromatic carbocycles. The standard InChI is InChI=1S/C14H24O6/c1-6-8-11(17-4)19-13(15)10(3)14(16)20-12(18-5)9-7-2/h11-12H,3,6-9H2,1-2,4-5H3. The maximum Gasteiger partial charge on any atom is 0.347 e. The van der Waals surface area contributed by atoms with Gasteiger partial charge in [0.2, 0.25) is 12.6 Å². The molecule has 6 nitrogen and oxygen atoms in total. The molecule has 2 atom stereocenters. The molecule has 116 valence electrons. The van der Waals surface area contributed by atoms with E-state index in [1.807, 2.05) is 13.8 Å². The summed E-state index contributed by atoms with van der Waals surface area (Å²) in [5.41, 5.74) is -0.374. The third kappa shape index (κ3) is 6.68. The number of carbonyl (C=O) groups excluding carboxylic acids is 2. The number of methoxy groups -OCH3 is 2. The summed E-state index contributed by atoms with van der Waals surface area (Å²) in [6, 6.07) is 0. The van der Waals surface area contributed by atoms with Gasteiger partial charge in [-0.2, -0.15) is 0 Å². The Balaban J connectivity index is 4.41. The SMILES string of the molecule is C=C(C(=O)OC(CCC)OC)C(=O)OC(CCC)OC. The fraction of sp³-hybridized carbons (Fsp3) is 0.714. The molecule has 0 heterocycles. The predicted octanol–water partition coefficient (Wildman–Crippen LogP) is 2.17. The molecule has 0 radical (unpaired) electrons. The molecule has 0 spiro atoms. The Morgan fingerprint density at radius 3 is 1.50 bits per heavy atom. The largest absolute Gasteiger partial charge is 0.432 e. The van der Waals surface area contributed by atoms with Crippen molar-refractivity contribution < 1.29 is 28.5 Å². The average molecular weight is 288 g/mol. The summed E-state index contributed by atoms with van der Waals surface area (Å²) >= 11 is 0. The van der Waals surface area contributed by atoms with Gasteiger partial charge in [-0.15, -0.1) is 0 Å². The minimum Gasteiger partial charge on any atom is -0.432 e. The monoisotopic (exact) mass is 288 g/mol. The van der Waals surface area contributed by atoms with E-state index < -0.39 is 24.5 Å². The Labute approximate surface area is 120 Å². The second-order valence-electron chi connectivity index (χ2n) is 4.20. The van der Waals surface area contributed by atoms with Crippen molar-refractivity contribution in [3.05, 3.63) is 12.2 Å². The molecule has 0 rings (SSSR count). The van der Waals surface area contributed by atoms with Crippen LogP contribution in [0.1, 0.15) is 39.5 Å². The van der Waals surface area contributed by atoms with Gasteiger partial charge in [-0.3, -0.25) is 0 Å². The van der Waals surface area contributed by atoms with Crippen LogP contribution in [0.3, 0.4) is 0 Å². The third-order valence-electron chi connectivity index (χ3n) is 2.54. The molecule has 0 bridgehead atoms. The van der Waals surface area contributed by atoms with E-state index >= 15 is 0 Å². The first-order chi connectivity index (χ1) is 9.49. The van der Waals surface area contributed by atoms with Gasteiger partial charge in [0, 0.05) is 27.1 Å². The fourth-order valence-corrected chi connectivity index (χ4v) is 1.39. The zero-order valence-electron chi connectivity index (χ0n) is 12.6. The summed E-state index contributed by atoms with van der Waals surface area (Å²) in [6.07, 6.45) is 1.27. The molecular formula is C14H24O6. The van der Waals surface area contributed by atoms with Crippen LogP contribution in [0.4, 0.5) is 0 Å². The van der Waals surface area contributed by atoms with Crippen molar-refractivity contribution in [3.63, 3.8) is 0 Å². The van der Waals surface area contributed by atoms with Crippen LogP contribution in [0.2, 0.25) is 0 Å². The topological polar surface area (TPSA) is 71.1 Å². The molecule has 0 saturated heterocycles. The second kappa shape index (κ2) is 10.4. The van der Waals surface area contributed by atoms with Crippen LogP contribution < -0.4 is 0 Å². The quantitative estimate of drug-likeness (QED) is 0.202. The fourth-order valence-electron chi connectivity index (χ4n) is 1.39. The van der Waals surface area contributed by atoms with Gasteiger partial charge in [-0.25, -0.2) is 9.59 Å². The van der Waals surface area contributed by atoms with E-state index in [9.17, 15) is 9.59 Å². The summed E-state index contributed by atoms with van der Waals surface area (Å²) < 4.78 is 19.9. The molecule has 0 aliphatic rings. The molecule has 0 amide bonds. The lowest BCUT2D eigenvalue weighted by molar-refractivity contribution is -0.178. The lowest BCUT2D eigenvalue weighted by Gasteiger charge is -2.18. The smallest absolute Gasteiger partial charge is 0.347 e. The van der Waals surface area contributed by atoms with Crippen molar-refractivity contribution in [1.29, 1.82) is 0 Å². The highest BCUT2D eigenvalue weighted by Gasteiger charge is 2.24. The van der Waals surface area contributed by atoms with Gasteiger partial charge >= 0.3 is 11.9 Å². The lowest BCUT2D eigenvalue weighted by Crippen LogP contribution is -2.27. The van der Waals surface area contributed by atoms with Crippen molar-refractivity contribution in [2.75, 3.05) is 14.2 Å². The number of hydrogen-bond donors (Lipinski definition) is 0. The summed E-state index contributed by atoms with van der Waals surface area (Å²) in [7, 11) is 2.85. The maximum absolute atomic E-state index is 11.7. The van der Waals surface area contributed by atoms with Crippen LogP contribution in [0.15, 0.2) is 12.2 Å². The Morgan fingerprint density at radius 2 is 1.25 bits per heavy atom. The molecule has 0 aromatic heterocycles. The Morgan fingerprint density at radius 1 is 0.900 bits per heavy atom. The van der Waals surface area contributed by atoms with Gasteiger partial charge in [0.1, 0.15) is 5.57 Å². The van der Waals surface area contributed by atoms with E-state index in [0.29, 0.717) is 12.8 Å². The molecule has 0 saturated carbocycles. The van der Waals surface area contributed by atoms with Crippen molar-refractivity contribution in [1.82, 2.24) is 0 Å². The molecule has 0 aliphatic carbocycles. The van der Waals surface area contributed by atoms with E-state index in [-0.39, 0.29) is 5.57 Å². The molecule has 0 aliphatic heterocycles. The first kappa shape index (κ1) is 18.6. The number of hydrogen-bond acceptors (Lipinski definition) is 6. The first-order valence-electron chi connectivity index (χ1n) is 6.66. The van der Waals surface area contributed by atoms with Gasteiger partial charge in [0.05, 0.1) is 0 Å². The average Bonchev–Trinajstić information content (AvgIpc) is 2.44. The van der Waals surface area contributed by atoms with Gasteiger partial charge in [-0.1, -0.05) is 33.3 Å². The minimum absolute atomic E-state index is 0.374. The van der Waals surface area contributed by atoms with Crippen LogP contribution in [-0.4, -0.2) is 38.7 Å². The van der Waals surface area contributed by atoms with Crippen molar-refractivity contribution in [3.8, 4) is 0 Å². The molecule has 2 unspecified atom stereocenters. The zero-order valence-corrected chi connectivity index (χ0v) is 12.6. The highest BCUT2D eigenvalue weighted by molar-refractivity contribution is 6.13. The van der Waals surface area contributed by atoms with E-state index in [1.54, 1.807) is 0 Å². The number of carbonyl (C=O) groups is 2. The summed E-state index contributed by atoms with van der Waals surface area (Å²) in [6.45, 7) is 7.24. The molecule has 20 heavy (non-hydrogen) atoms. The number of esters is 2. The molecule has 6 heteroatoms.